The van der Waals surface area contributed by atoms with Gasteiger partial charge in [0.25, 0.3) is 11.8 Å². The Morgan fingerprint density at radius 2 is 1.41 bits per heavy atom. The zero-order valence-electron chi connectivity index (χ0n) is 44.4. The van der Waals surface area contributed by atoms with Gasteiger partial charge in [-0.2, -0.15) is 0 Å². The minimum Gasteiger partial charge on any atom is -0.393 e. The van der Waals surface area contributed by atoms with Gasteiger partial charge in [-0.1, -0.05) is 90.7 Å². The normalized spacial score (nSPS) is 17.1. The number of piperidine rings is 1. The Morgan fingerprint density at radius 1 is 0.734 bits per heavy atom. The summed E-state index contributed by atoms with van der Waals surface area (Å²) in [4.78, 5) is 68.8. The number of hydrogen-bond acceptors (Lipinski definition) is 13. The second kappa shape index (κ2) is 27.7. The zero-order chi connectivity index (χ0) is 54.9. The second-order valence-corrected chi connectivity index (χ2v) is 19.8. The average molecular weight is 1070 g/mol. The summed E-state index contributed by atoms with van der Waals surface area (Å²) in [5.74, 6) is 4.42. The summed E-state index contributed by atoms with van der Waals surface area (Å²) in [5.41, 5.74) is 8.07. The fourth-order valence-corrected chi connectivity index (χ4v) is 10.4. The molecule has 79 heavy (non-hydrogen) atoms. The lowest BCUT2D eigenvalue weighted by atomic mass is 9.93. The number of aliphatic hydroxyl groups is 1. The predicted octanol–water partition coefficient (Wildman–Crippen LogP) is 6.78. The molecule has 0 bridgehead atoms. The number of anilines is 1. The van der Waals surface area contributed by atoms with Gasteiger partial charge in [0.05, 0.1) is 87.5 Å². The first kappa shape index (κ1) is 55.9. The van der Waals surface area contributed by atoms with Gasteiger partial charge >= 0.3 is 0 Å². The maximum absolute atomic E-state index is 13.3. The number of nitrogens with one attached hydrogen (secondary N) is 4. The van der Waals surface area contributed by atoms with E-state index in [4.69, 9.17) is 23.9 Å². The molecule has 2 fully saturated rings. The molecule has 2 aromatic heterocycles. The van der Waals surface area contributed by atoms with Crippen molar-refractivity contribution in [2.45, 2.75) is 88.9 Å². The van der Waals surface area contributed by atoms with Gasteiger partial charge in [-0.25, -0.2) is 4.98 Å². The fraction of sp³-hybridized carbons (Fsp3) is 0.393. The maximum Gasteiger partial charge on any atom is 0.264 e. The summed E-state index contributed by atoms with van der Waals surface area (Å²) in [5, 5.41) is 29.0. The third-order valence-corrected chi connectivity index (χ3v) is 14.4. The van der Waals surface area contributed by atoms with E-state index in [1.807, 2.05) is 59.4 Å². The number of aliphatic hydroxyl groups excluding tert-OH is 1. The van der Waals surface area contributed by atoms with Crippen LogP contribution in [0, 0.1) is 17.3 Å². The largest absolute Gasteiger partial charge is 0.393 e. The topological polar surface area (TPSA) is 228 Å². The minimum atomic E-state index is -1.03. The van der Waals surface area contributed by atoms with Gasteiger partial charge in [0, 0.05) is 61.8 Å². The quantitative estimate of drug-likeness (QED) is 0.0215. The highest BCUT2D eigenvalue weighted by Crippen LogP contribution is 2.40. The van der Waals surface area contributed by atoms with Crippen molar-refractivity contribution in [3.8, 4) is 34.2 Å². The molecule has 2 aliphatic heterocycles. The molecule has 6 aromatic rings. The van der Waals surface area contributed by atoms with Crippen molar-refractivity contribution >= 4 is 46.3 Å². The molecule has 1 saturated carbocycles. The molecule has 3 aliphatic rings. The molecule has 4 aromatic carbocycles. The Hall–Kier alpha value is -7.79. The summed E-state index contributed by atoms with van der Waals surface area (Å²) >= 11 is 0. The first-order valence-electron chi connectivity index (χ1n) is 27.4. The summed E-state index contributed by atoms with van der Waals surface area (Å²) in [7, 11) is 0. The zero-order valence-corrected chi connectivity index (χ0v) is 44.4. The molecular formula is C61H68N8O10. The van der Waals surface area contributed by atoms with Crippen LogP contribution >= 0.6 is 0 Å². The monoisotopic (exact) mass is 1070 g/mol. The van der Waals surface area contributed by atoms with Gasteiger partial charge in [-0.3, -0.25) is 39.6 Å². The summed E-state index contributed by atoms with van der Waals surface area (Å²) in [6.45, 7) is 4.26. The van der Waals surface area contributed by atoms with Crippen LogP contribution < -0.4 is 21.4 Å². The molecule has 1 aliphatic carbocycles. The van der Waals surface area contributed by atoms with E-state index < -0.39 is 29.7 Å². The molecule has 18 heteroatoms. The summed E-state index contributed by atoms with van der Waals surface area (Å²) < 4.78 is 26.6. The third-order valence-electron chi connectivity index (χ3n) is 14.4. The molecule has 4 heterocycles. The molecule has 5 N–H and O–H groups in total. The van der Waals surface area contributed by atoms with Crippen LogP contribution in [0.3, 0.4) is 0 Å². The molecule has 9 rings (SSSR count). The van der Waals surface area contributed by atoms with Crippen LogP contribution in [0.15, 0.2) is 109 Å². The molecule has 1 saturated heterocycles. The first-order valence-corrected chi connectivity index (χ1v) is 27.4. The lowest BCUT2D eigenvalue weighted by Crippen LogP contribution is -2.54. The number of ether oxygens (including phenoxy) is 4. The van der Waals surface area contributed by atoms with Crippen molar-refractivity contribution in [2.24, 2.45) is 0 Å². The average Bonchev–Trinajstić information content (AvgIpc) is 4.13. The van der Waals surface area contributed by atoms with Gasteiger partial charge in [0.15, 0.2) is 0 Å². The van der Waals surface area contributed by atoms with Gasteiger partial charge in [0.2, 0.25) is 17.7 Å². The number of amides is 5. The molecule has 5 amide bonds. The van der Waals surface area contributed by atoms with Crippen molar-refractivity contribution in [3.05, 3.63) is 137 Å². The van der Waals surface area contributed by atoms with E-state index in [0.717, 1.165) is 75.1 Å². The van der Waals surface area contributed by atoms with Crippen LogP contribution in [0.2, 0.25) is 0 Å². The van der Waals surface area contributed by atoms with Gasteiger partial charge in [0.1, 0.15) is 17.2 Å². The standard InChI is InChI=1S/C61H68N8O10/c62-57-55-53(44-16-6-3-7-17-44)56(45-18-8-4-9-19-45)67(58(55)65-41-68(57)46-23-25-47(70)26-24-46)40-43-15-11-14-42(39-43)13-5-1-2-10-22-51(71)64-30-32-77-34-36-79-38-37-78-35-33-76-31-29-63-49-21-12-20-48-54(49)61(75)69(60(48)74)50-27-28-52(72)66-59(50)73/h3-4,6-9,11-12,14-21,39,41,46-47,50,62-63,70H,1-2,10,22-38,40H2,(H,64,71)(H,66,72,73). The number of imide groups is 2. The second-order valence-electron chi connectivity index (χ2n) is 19.8. The lowest BCUT2D eigenvalue weighted by molar-refractivity contribution is -0.136. The number of rotatable bonds is 26. The maximum atomic E-state index is 13.3. The van der Waals surface area contributed by atoms with Crippen LogP contribution in [0.1, 0.15) is 102 Å². The number of benzene rings is 4. The van der Waals surface area contributed by atoms with Gasteiger partial charge in [-0.15, -0.1) is 0 Å². The van der Waals surface area contributed by atoms with Gasteiger partial charge < -0.3 is 43.8 Å². The van der Waals surface area contributed by atoms with Crippen LogP contribution in [0.4, 0.5) is 5.69 Å². The Morgan fingerprint density at radius 3 is 2.11 bits per heavy atom. The van der Waals surface area contributed by atoms with Crippen LogP contribution in [0.25, 0.3) is 33.4 Å². The predicted molar refractivity (Wildman–Crippen MR) is 297 cm³/mol. The Balaban J connectivity index is 0.635. The van der Waals surface area contributed by atoms with E-state index in [1.54, 1.807) is 18.2 Å². The Labute approximate surface area is 459 Å². The smallest absolute Gasteiger partial charge is 0.264 e. The van der Waals surface area contributed by atoms with Crippen molar-refractivity contribution < 1.29 is 48.0 Å². The first-order chi connectivity index (χ1) is 38.7. The number of carbonyl (C=O) groups is 5. The van der Waals surface area contributed by atoms with Crippen molar-refractivity contribution in [2.75, 3.05) is 71.3 Å². The summed E-state index contributed by atoms with van der Waals surface area (Å²) in [6, 6.07) is 32.9. The number of nitrogens with zero attached hydrogens (tertiary/aromatic N) is 4. The Kier molecular flexibility index (Phi) is 19.6. The lowest BCUT2D eigenvalue weighted by Gasteiger charge is -2.27. The fourth-order valence-electron chi connectivity index (χ4n) is 10.4. The molecule has 0 spiro atoms. The Bertz CT molecular complexity index is 3230. The van der Waals surface area contributed by atoms with Crippen molar-refractivity contribution in [1.82, 2.24) is 29.7 Å². The molecular weight excluding hydrogens is 1000 g/mol. The number of aromatic nitrogens is 3. The highest BCUT2D eigenvalue weighted by Gasteiger charge is 2.45. The van der Waals surface area contributed by atoms with Crippen LogP contribution in [0.5, 0.6) is 0 Å². The van der Waals surface area contributed by atoms with Crippen LogP contribution in [-0.2, 0) is 39.9 Å². The van der Waals surface area contributed by atoms with E-state index in [9.17, 15) is 34.5 Å². The van der Waals surface area contributed by atoms with Crippen molar-refractivity contribution in [3.63, 3.8) is 0 Å². The van der Waals surface area contributed by atoms with Gasteiger partial charge in [-0.05, 0) is 85.9 Å². The SMILES string of the molecule is N=c1c2c(-c3ccccc3)c(-c3ccccc3)n(Cc3cccc(C#CCCCCC(=O)NCCOCCOCCOCCOCCNc4cccc5c4C(=O)N(C4CCC(=O)NC4=O)C5=O)c3)c2ncn1C1CCC(O)CC1. The van der Waals surface area contributed by atoms with E-state index in [0.29, 0.717) is 109 Å². The van der Waals surface area contributed by atoms with Crippen molar-refractivity contribution in [1.29, 1.82) is 5.41 Å². The molecule has 18 nitrogen and oxygen atoms in total. The highest BCUT2D eigenvalue weighted by molar-refractivity contribution is 6.25. The number of hydrogen-bond donors (Lipinski definition) is 5. The van der Waals surface area contributed by atoms with Crippen LogP contribution in [-0.4, -0.2) is 132 Å². The van der Waals surface area contributed by atoms with E-state index in [-0.39, 0.29) is 42.0 Å². The number of carbonyl (C=O) groups excluding carboxylic acids is 5. The molecule has 0 radical (unpaired) electrons. The molecule has 1 atom stereocenters. The number of unbranched alkanes of at least 4 members (excludes halogenated alkanes) is 2. The highest BCUT2D eigenvalue weighted by atomic mass is 16.6. The third kappa shape index (κ3) is 14.1. The van der Waals surface area contributed by atoms with E-state index >= 15 is 0 Å². The van der Waals surface area contributed by atoms with E-state index in [1.165, 1.54) is 0 Å². The number of fused-ring (bicyclic) bond motifs is 2. The van der Waals surface area contributed by atoms with E-state index in [2.05, 4.69) is 68.8 Å². The molecule has 412 valence electrons. The molecule has 1 unspecified atom stereocenters. The summed E-state index contributed by atoms with van der Waals surface area (Å²) in [6.07, 6.45) is 7.31. The minimum absolute atomic E-state index is 0.0231.